The molecule has 0 radical (unpaired) electrons. The number of rotatable bonds is 8. The summed E-state index contributed by atoms with van der Waals surface area (Å²) in [5.74, 6) is 1.77. The lowest BCUT2D eigenvalue weighted by Crippen LogP contribution is -2.32. The molecule has 1 unspecified atom stereocenters. The molecule has 0 spiro atoms. The SMILES string of the molecule is Cc1csc(SCc2ccc(C(=O)NC(C)CCc3ccco3)cc2)n1. The molecule has 0 saturated heterocycles. The Bertz CT molecular complexity index is 826. The molecule has 3 rings (SSSR count). The van der Waals surface area contributed by atoms with Gasteiger partial charge in [0.25, 0.3) is 5.91 Å². The second-order valence-corrected chi connectivity index (χ2v) is 8.31. The highest BCUT2D eigenvalue weighted by atomic mass is 32.2. The molecule has 26 heavy (non-hydrogen) atoms. The Morgan fingerprint density at radius 1 is 1.31 bits per heavy atom. The van der Waals surface area contributed by atoms with Crippen molar-refractivity contribution in [1.29, 1.82) is 0 Å². The first kappa shape index (κ1) is 18.7. The fourth-order valence-corrected chi connectivity index (χ4v) is 4.29. The summed E-state index contributed by atoms with van der Waals surface area (Å²) in [5.41, 5.74) is 2.93. The molecule has 4 nitrogen and oxygen atoms in total. The molecular weight excluding hydrogens is 364 g/mol. The van der Waals surface area contributed by atoms with Crippen molar-refractivity contribution in [2.45, 2.75) is 42.8 Å². The van der Waals surface area contributed by atoms with Gasteiger partial charge < -0.3 is 9.73 Å². The lowest BCUT2D eigenvalue weighted by Gasteiger charge is -2.13. The number of aryl methyl sites for hydroxylation is 2. The van der Waals surface area contributed by atoms with Gasteiger partial charge in [0.1, 0.15) is 10.1 Å². The van der Waals surface area contributed by atoms with Crippen LogP contribution in [-0.4, -0.2) is 16.9 Å². The third-order valence-corrected chi connectivity index (χ3v) is 6.17. The number of benzene rings is 1. The van der Waals surface area contributed by atoms with Crippen LogP contribution in [0.5, 0.6) is 0 Å². The van der Waals surface area contributed by atoms with E-state index >= 15 is 0 Å². The van der Waals surface area contributed by atoms with Gasteiger partial charge in [0, 0.05) is 34.9 Å². The fourth-order valence-electron chi connectivity index (χ4n) is 2.49. The molecule has 0 saturated carbocycles. The summed E-state index contributed by atoms with van der Waals surface area (Å²) in [6, 6.07) is 11.7. The second-order valence-electron chi connectivity index (χ2n) is 6.23. The van der Waals surface area contributed by atoms with Gasteiger partial charge in [0.2, 0.25) is 0 Å². The zero-order valence-corrected chi connectivity index (χ0v) is 16.5. The maximum absolute atomic E-state index is 12.4. The number of carbonyl (C=O) groups excluding carboxylic acids is 1. The van der Waals surface area contributed by atoms with E-state index in [9.17, 15) is 4.79 Å². The maximum Gasteiger partial charge on any atom is 0.251 e. The van der Waals surface area contributed by atoms with E-state index in [1.54, 1.807) is 29.4 Å². The number of hydrogen-bond acceptors (Lipinski definition) is 5. The maximum atomic E-state index is 12.4. The topological polar surface area (TPSA) is 55.1 Å². The van der Waals surface area contributed by atoms with Gasteiger partial charge in [0.15, 0.2) is 0 Å². The highest BCUT2D eigenvalue weighted by molar-refractivity contribution is 8.00. The predicted molar refractivity (Wildman–Crippen MR) is 107 cm³/mol. The molecule has 0 bridgehead atoms. The van der Waals surface area contributed by atoms with E-state index in [1.807, 2.05) is 50.2 Å². The number of thiazole rings is 1. The summed E-state index contributed by atoms with van der Waals surface area (Å²) in [7, 11) is 0. The lowest BCUT2D eigenvalue weighted by atomic mass is 10.1. The lowest BCUT2D eigenvalue weighted by molar-refractivity contribution is 0.0938. The minimum absolute atomic E-state index is 0.0355. The Morgan fingerprint density at radius 2 is 2.12 bits per heavy atom. The monoisotopic (exact) mass is 386 g/mol. The van der Waals surface area contributed by atoms with Crippen LogP contribution in [0.3, 0.4) is 0 Å². The zero-order chi connectivity index (χ0) is 18.4. The Labute approximate surface area is 162 Å². The first-order valence-electron chi connectivity index (χ1n) is 8.57. The molecule has 0 aliphatic rings. The average molecular weight is 387 g/mol. The largest absolute Gasteiger partial charge is 0.469 e. The second kappa shape index (κ2) is 9.05. The van der Waals surface area contributed by atoms with Crippen LogP contribution in [0.2, 0.25) is 0 Å². The minimum atomic E-state index is -0.0355. The number of nitrogens with one attached hydrogen (secondary N) is 1. The Morgan fingerprint density at radius 3 is 2.77 bits per heavy atom. The van der Waals surface area contributed by atoms with Gasteiger partial charge >= 0.3 is 0 Å². The minimum Gasteiger partial charge on any atom is -0.469 e. The van der Waals surface area contributed by atoms with Crippen molar-refractivity contribution in [2.24, 2.45) is 0 Å². The number of thioether (sulfide) groups is 1. The molecule has 0 fully saturated rings. The highest BCUT2D eigenvalue weighted by Gasteiger charge is 2.11. The van der Waals surface area contributed by atoms with E-state index in [0.29, 0.717) is 5.56 Å². The van der Waals surface area contributed by atoms with Gasteiger partial charge in [-0.2, -0.15) is 0 Å². The fraction of sp³-hybridized carbons (Fsp3) is 0.300. The van der Waals surface area contributed by atoms with Crippen molar-refractivity contribution < 1.29 is 9.21 Å². The quantitative estimate of drug-likeness (QED) is 0.548. The van der Waals surface area contributed by atoms with E-state index < -0.39 is 0 Å². The molecule has 0 aliphatic carbocycles. The summed E-state index contributed by atoms with van der Waals surface area (Å²) in [4.78, 5) is 16.8. The van der Waals surface area contributed by atoms with Crippen molar-refractivity contribution in [3.05, 3.63) is 70.6 Å². The molecule has 136 valence electrons. The molecule has 3 aromatic rings. The molecule has 1 aromatic carbocycles. The number of furan rings is 1. The van der Waals surface area contributed by atoms with Crippen molar-refractivity contribution in [3.8, 4) is 0 Å². The van der Waals surface area contributed by atoms with E-state index in [-0.39, 0.29) is 11.9 Å². The molecule has 2 heterocycles. The predicted octanol–water partition coefficient (Wildman–Crippen LogP) is 5.09. The van der Waals surface area contributed by atoms with Crippen LogP contribution in [0.1, 0.15) is 40.7 Å². The summed E-state index contributed by atoms with van der Waals surface area (Å²) < 4.78 is 6.40. The Balaban J connectivity index is 1.46. The van der Waals surface area contributed by atoms with Crippen molar-refractivity contribution >= 4 is 29.0 Å². The van der Waals surface area contributed by atoms with Crippen molar-refractivity contribution in [1.82, 2.24) is 10.3 Å². The molecule has 0 aliphatic heterocycles. The van der Waals surface area contributed by atoms with Gasteiger partial charge in [-0.3, -0.25) is 4.79 Å². The highest BCUT2D eigenvalue weighted by Crippen LogP contribution is 2.26. The van der Waals surface area contributed by atoms with Crippen molar-refractivity contribution in [3.63, 3.8) is 0 Å². The first-order valence-corrected chi connectivity index (χ1v) is 10.4. The van der Waals surface area contributed by atoms with E-state index in [0.717, 1.165) is 34.4 Å². The third-order valence-electron chi connectivity index (χ3n) is 3.96. The van der Waals surface area contributed by atoms with Gasteiger partial charge in [0.05, 0.1) is 6.26 Å². The zero-order valence-electron chi connectivity index (χ0n) is 14.9. The van der Waals surface area contributed by atoms with Crippen LogP contribution >= 0.6 is 23.1 Å². The number of nitrogens with zero attached hydrogens (tertiary/aromatic N) is 1. The molecule has 1 atom stereocenters. The van der Waals surface area contributed by atoms with Crippen LogP contribution in [-0.2, 0) is 12.2 Å². The molecule has 1 amide bonds. The molecule has 1 N–H and O–H groups in total. The van der Waals surface area contributed by atoms with Crippen LogP contribution in [0.4, 0.5) is 0 Å². The average Bonchev–Trinajstić information content (AvgIpc) is 3.30. The standard InChI is InChI=1S/C20H22N2O2S2/c1-14(5-10-18-4-3-11-24-18)21-19(23)17-8-6-16(7-9-17)13-26-20-22-15(2)12-25-20/h3-4,6-9,11-12,14H,5,10,13H2,1-2H3,(H,21,23). The van der Waals surface area contributed by atoms with Crippen LogP contribution in [0, 0.1) is 6.92 Å². The molecular formula is C20H22N2O2S2. The number of carbonyl (C=O) groups is 1. The van der Waals surface area contributed by atoms with Crippen LogP contribution in [0.25, 0.3) is 0 Å². The Kier molecular flexibility index (Phi) is 6.52. The summed E-state index contributed by atoms with van der Waals surface area (Å²) >= 11 is 3.39. The number of aromatic nitrogens is 1. The summed E-state index contributed by atoms with van der Waals surface area (Å²) in [6.45, 7) is 4.02. The Hall–Kier alpha value is -2.05. The van der Waals surface area contributed by atoms with Crippen LogP contribution < -0.4 is 5.32 Å². The molecule has 2 aromatic heterocycles. The third kappa shape index (κ3) is 5.47. The first-order chi connectivity index (χ1) is 12.6. The summed E-state index contributed by atoms with van der Waals surface area (Å²) in [5, 5.41) is 5.10. The van der Waals surface area contributed by atoms with Gasteiger partial charge in [-0.05, 0) is 50.1 Å². The number of amides is 1. The van der Waals surface area contributed by atoms with Crippen molar-refractivity contribution in [2.75, 3.05) is 0 Å². The van der Waals surface area contributed by atoms with E-state index in [1.165, 1.54) is 5.56 Å². The van der Waals surface area contributed by atoms with E-state index in [4.69, 9.17) is 4.42 Å². The normalized spacial score (nSPS) is 12.1. The van der Waals surface area contributed by atoms with Gasteiger partial charge in [-0.25, -0.2) is 4.98 Å². The van der Waals surface area contributed by atoms with E-state index in [2.05, 4.69) is 15.7 Å². The summed E-state index contributed by atoms with van der Waals surface area (Å²) in [6.07, 6.45) is 3.34. The number of hydrogen-bond donors (Lipinski definition) is 1. The van der Waals surface area contributed by atoms with Gasteiger partial charge in [-0.15, -0.1) is 11.3 Å². The van der Waals surface area contributed by atoms with Crippen LogP contribution in [0.15, 0.2) is 56.8 Å². The van der Waals surface area contributed by atoms with Gasteiger partial charge in [-0.1, -0.05) is 23.9 Å². The smallest absolute Gasteiger partial charge is 0.251 e. The molecule has 6 heteroatoms.